The number of aromatic nitrogens is 1. The predicted octanol–water partition coefficient (Wildman–Crippen LogP) is 3.63. The Bertz CT molecular complexity index is 914. The second kappa shape index (κ2) is 7.57. The molecule has 0 bridgehead atoms. The van der Waals surface area contributed by atoms with Crippen molar-refractivity contribution in [1.82, 2.24) is 4.98 Å². The normalized spacial score (nSPS) is 11.0. The van der Waals surface area contributed by atoms with Crippen LogP contribution in [-0.2, 0) is 4.79 Å². The Labute approximate surface area is 157 Å². The van der Waals surface area contributed by atoms with Gasteiger partial charge in [-0.1, -0.05) is 26.8 Å². The van der Waals surface area contributed by atoms with E-state index in [0.29, 0.717) is 11.4 Å². The van der Waals surface area contributed by atoms with Crippen LogP contribution in [0, 0.1) is 19.3 Å². The molecule has 1 aromatic heterocycles. The summed E-state index contributed by atoms with van der Waals surface area (Å²) in [5, 5.41) is 14.6. The van der Waals surface area contributed by atoms with E-state index in [2.05, 4.69) is 15.6 Å². The largest absolute Gasteiger partial charge is 0.478 e. The second-order valence-electron chi connectivity index (χ2n) is 7.32. The summed E-state index contributed by atoms with van der Waals surface area (Å²) in [5.41, 5.74) is 1.81. The lowest BCUT2D eigenvalue weighted by Gasteiger charge is -2.18. The molecule has 0 saturated heterocycles. The molecular weight excluding hydrogens is 346 g/mol. The number of aryl methyl sites for hydroxylation is 2. The number of carboxylic acid groups (broad SMARTS) is 1. The highest BCUT2D eigenvalue weighted by Gasteiger charge is 2.21. The van der Waals surface area contributed by atoms with Crippen LogP contribution < -0.4 is 10.6 Å². The Morgan fingerprint density at radius 2 is 1.67 bits per heavy atom. The smallest absolute Gasteiger partial charge is 0.337 e. The lowest BCUT2D eigenvalue weighted by Crippen LogP contribution is -2.27. The van der Waals surface area contributed by atoms with Crippen molar-refractivity contribution in [3.63, 3.8) is 0 Å². The van der Waals surface area contributed by atoms with Gasteiger partial charge in [-0.3, -0.25) is 9.59 Å². The molecule has 1 aromatic carbocycles. The zero-order chi connectivity index (χ0) is 20.4. The van der Waals surface area contributed by atoms with Gasteiger partial charge in [-0.2, -0.15) is 0 Å². The lowest BCUT2D eigenvalue weighted by atomic mass is 9.95. The summed E-state index contributed by atoms with van der Waals surface area (Å²) >= 11 is 0. The Kier molecular flexibility index (Phi) is 5.64. The number of hydrogen-bond acceptors (Lipinski definition) is 4. The van der Waals surface area contributed by atoms with Gasteiger partial charge in [0.2, 0.25) is 5.91 Å². The van der Waals surface area contributed by atoms with E-state index < -0.39 is 17.3 Å². The Morgan fingerprint density at radius 3 is 2.22 bits per heavy atom. The Hall–Kier alpha value is -3.22. The molecule has 27 heavy (non-hydrogen) atoms. The number of nitrogens with one attached hydrogen (secondary N) is 2. The SMILES string of the molecule is Cc1ccc(NC(=O)C(C)(C)C)cc1NC(=O)c1ccc(C(=O)O)c(C)n1. The predicted molar refractivity (Wildman–Crippen MR) is 103 cm³/mol. The maximum atomic E-state index is 12.5. The maximum Gasteiger partial charge on any atom is 0.337 e. The molecule has 0 aliphatic carbocycles. The molecule has 7 heteroatoms. The topological polar surface area (TPSA) is 108 Å². The fraction of sp³-hybridized carbons (Fsp3) is 0.300. The van der Waals surface area contributed by atoms with Gasteiger partial charge in [-0.25, -0.2) is 9.78 Å². The quantitative estimate of drug-likeness (QED) is 0.762. The average molecular weight is 369 g/mol. The van der Waals surface area contributed by atoms with Crippen LogP contribution in [0.25, 0.3) is 0 Å². The van der Waals surface area contributed by atoms with Crippen molar-refractivity contribution >= 4 is 29.2 Å². The van der Waals surface area contributed by atoms with Crippen LogP contribution in [-0.4, -0.2) is 27.9 Å². The van der Waals surface area contributed by atoms with Crippen molar-refractivity contribution in [2.24, 2.45) is 5.41 Å². The first kappa shape index (κ1) is 20.1. The monoisotopic (exact) mass is 369 g/mol. The third-order valence-electron chi connectivity index (χ3n) is 3.97. The molecule has 2 rings (SSSR count). The Balaban J connectivity index is 2.22. The number of amides is 2. The second-order valence-corrected chi connectivity index (χ2v) is 7.32. The van der Waals surface area contributed by atoms with Gasteiger partial charge in [-0.15, -0.1) is 0 Å². The number of benzene rings is 1. The maximum absolute atomic E-state index is 12.5. The molecule has 0 atom stereocenters. The first-order chi connectivity index (χ1) is 12.5. The number of nitrogens with zero attached hydrogens (tertiary/aromatic N) is 1. The number of carboxylic acids is 1. The van der Waals surface area contributed by atoms with Crippen LogP contribution in [0.4, 0.5) is 11.4 Å². The minimum Gasteiger partial charge on any atom is -0.478 e. The van der Waals surface area contributed by atoms with Crippen LogP contribution in [0.5, 0.6) is 0 Å². The van der Waals surface area contributed by atoms with E-state index >= 15 is 0 Å². The molecule has 2 aromatic rings. The van der Waals surface area contributed by atoms with E-state index in [1.807, 2.05) is 27.7 Å². The molecule has 2 amide bonds. The van der Waals surface area contributed by atoms with E-state index in [1.54, 1.807) is 18.2 Å². The third-order valence-corrected chi connectivity index (χ3v) is 3.97. The van der Waals surface area contributed by atoms with Gasteiger partial charge < -0.3 is 15.7 Å². The Morgan fingerprint density at radius 1 is 1.00 bits per heavy atom. The number of rotatable bonds is 4. The number of anilines is 2. The van der Waals surface area contributed by atoms with Crippen molar-refractivity contribution in [3.8, 4) is 0 Å². The standard InChI is InChI=1S/C20H23N3O4/c1-11-6-7-13(22-19(27)20(3,4)5)10-16(11)23-17(24)15-9-8-14(18(25)26)12(2)21-15/h6-10H,1-5H3,(H,22,27)(H,23,24)(H,25,26). The summed E-state index contributed by atoms with van der Waals surface area (Å²) < 4.78 is 0. The van der Waals surface area contributed by atoms with Crippen molar-refractivity contribution in [2.45, 2.75) is 34.6 Å². The molecule has 0 radical (unpaired) electrons. The molecule has 142 valence electrons. The highest BCUT2D eigenvalue weighted by Crippen LogP contribution is 2.23. The van der Waals surface area contributed by atoms with Crippen LogP contribution >= 0.6 is 0 Å². The molecule has 7 nitrogen and oxygen atoms in total. The molecule has 1 heterocycles. The van der Waals surface area contributed by atoms with Gasteiger partial charge >= 0.3 is 5.97 Å². The summed E-state index contributed by atoms with van der Waals surface area (Å²) in [7, 11) is 0. The van der Waals surface area contributed by atoms with Crippen molar-refractivity contribution in [2.75, 3.05) is 10.6 Å². The summed E-state index contributed by atoms with van der Waals surface area (Å²) in [5.74, 6) is -1.69. The number of hydrogen-bond donors (Lipinski definition) is 3. The number of pyridine rings is 1. The van der Waals surface area contributed by atoms with E-state index in [-0.39, 0.29) is 22.9 Å². The van der Waals surface area contributed by atoms with E-state index in [4.69, 9.17) is 5.11 Å². The molecule has 0 saturated carbocycles. The van der Waals surface area contributed by atoms with Crippen molar-refractivity contribution < 1.29 is 19.5 Å². The number of aromatic carboxylic acids is 1. The fourth-order valence-corrected chi connectivity index (χ4v) is 2.25. The van der Waals surface area contributed by atoms with Gasteiger partial charge in [0.25, 0.3) is 5.91 Å². The first-order valence-electron chi connectivity index (χ1n) is 8.43. The number of carbonyl (C=O) groups is 3. The lowest BCUT2D eigenvalue weighted by molar-refractivity contribution is -0.123. The van der Waals surface area contributed by atoms with Crippen LogP contribution in [0.1, 0.15) is 52.9 Å². The summed E-state index contributed by atoms with van der Waals surface area (Å²) in [6.45, 7) is 8.81. The first-order valence-corrected chi connectivity index (χ1v) is 8.43. The van der Waals surface area contributed by atoms with Gasteiger partial charge in [0, 0.05) is 16.8 Å². The molecule has 0 fully saturated rings. The minimum absolute atomic E-state index is 0.0506. The van der Waals surface area contributed by atoms with Gasteiger partial charge in [0.05, 0.1) is 11.3 Å². The highest BCUT2D eigenvalue weighted by atomic mass is 16.4. The van der Waals surface area contributed by atoms with Gasteiger partial charge in [0.1, 0.15) is 5.69 Å². The summed E-state index contributed by atoms with van der Waals surface area (Å²) in [4.78, 5) is 39.7. The van der Waals surface area contributed by atoms with Crippen LogP contribution in [0.15, 0.2) is 30.3 Å². The zero-order valence-corrected chi connectivity index (χ0v) is 16.0. The van der Waals surface area contributed by atoms with Crippen LogP contribution in [0.2, 0.25) is 0 Å². The van der Waals surface area contributed by atoms with E-state index in [9.17, 15) is 14.4 Å². The van der Waals surface area contributed by atoms with Gasteiger partial charge in [-0.05, 0) is 43.7 Å². The average Bonchev–Trinajstić information content (AvgIpc) is 2.56. The van der Waals surface area contributed by atoms with Gasteiger partial charge in [0.15, 0.2) is 0 Å². The third kappa shape index (κ3) is 4.91. The highest BCUT2D eigenvalue weighted by molar-refractivity contribution is 6.04. The van der Waals surface area contributed by atoms with Crippen molar-refractivity contribution in [1.29, 1.82) is 0 Å². The number of carbonyl (C=O) groups excluding carboxylic acids is 2. The van der Waals surface area contributed by atoms with E-state index in [1.165, 1.54) is 19.1 Å². The molecule has 0 aliphatic heterocycles. The van der Waals surface area contributed by atoms with Crippen LogP contribution in [0.3, 0.4) is 0 Å². The molecular formula is C20H23N3O4. The molecule has 0 aliphatic rings. The molecule has 0 unspecified atom stereocenters. The minimum atomic E-state index is -1.09. The fourth-order valence-electron chi connectivity index (χ4n) is 2.25. The summed E-state index contributed by atoms with van der Waals surface area (Å²) in [6.07, 6.45) is 0. The van der Waals surface area contributed by atoms with Crippen molar-refractivity contribution in [3.05, 3.63) is 52.8 Å². The molecule has 0 spiro atoms. The summed E-state index contributed by atoms with van der Waals surface area (Å²) in [6, 6.07) is 7.95. The van der Waals surface area contributed by atoms with E-state index in [0.717, 1.165) is 5.56 Å². The molecule has 3 N–H and O–H groups in total. The zero-order valence-electron chi connectivity index (χ0n) is 16.0.